The first-order valence-electron chi connectivity index (χ1n) is 6.87. The zero-order valence-electron chi connectivity index (χ0n) is 12.2. The fourth-order valence-electron chi connectivity index (χ4n) is 2.43. The van der Waals surface area contributed by atoms with Crippen LogP contribution in [0.2, 0.25) is 0 Å². The van der Waals surface area contributed by atoms with Crippen molar-refractivity contribution in [2.75, 3.05) is 13.7 Å². The number of thiazole rings is 1. The Balaban J connectivity index is 2.15. The molecule has 8 heteroatoms. The number of aromatic hydroxyl groups is 1. The van der Waals surface area contributed by atoms with Crippen molar-refractivity contribution >= 4 is 51.0 Å². The topological polar surface area (TPSA) is 63.8 Å². The molecule has 3 rings (SSSR count). The number of hydrogen-bond acceptors (Lipinski definition) is 5. The van der Waals surface area contributed by atoms with Gasteiger partial charge in [-0.25, -0.2) is 4.99 Å². The molecule has 0 spiro atoms. The largest absolute Gasteiger partial charge is 0.493 e. The van der Waals surface area contributed by atoms with E-state index >= 15 is 0 Å². The van der Waals surface area contributed by atoms with Crippen molar-refractivity contribution in [2.24, 2.45) is 4.99 Å². The van der Waals surface area contributed by atoms with Gasteiger partial charge in [-0.05, 0) is 36.8 Å². The van der Waals surface area contributed by atoms with Crippen molar-refractivity contribution < 1.29 is 14.6 Å². The predicted octanol–water partition coefficient (Wildman–Crippen LogP) is 2.14. The summed E-state index contributed by atoms with van der Waals surface area (Å²) >= 11 is 9.95. The Bertz CT molecular complexity index is 962. The quantitative estimate of drug-likeness (QED) is 0.603. The Labute approximate surface area is 149 Å². The highest BCUT2D eigenvalue weighted by Crippen LogP contribution is 2.32. The van der Waals surface area contributed by atoms with Crippen LogP contribution < -0.4 is 10.6 Å². The third kappa shape index (κ3) is 3.03. The van der Waals surface area contributed by atoms with Crippen molar-refractivity contribution in [1.29, 1.82) is 0 Å². The average molecular weight is 413 g/mol. The number of aromatic nitrogens is 1. The van der Waals surface area contributed by atoms with Crippen LogP contribution >= 0.6 is 39.5 Å². The number of halogens is 1. The molecule has 0 fully saturated rings. The molecule has 0 unspecified atom stereocenters. The van der Waals surface area contributed by atoms with Crippen LogP contribution in [-0.4, -0.2) is 29.3 Å². The lowest BCUT2D eigenvalue weighted by Crippen LogP contribution is -2.22. The molecule has 5 nitrogen and oxygen atoms in total. The van der Waals surface area contributed by atoms with E-state index in [0.29, 0.717) is 38.1 Å². The molecule has 0 aliphatic carbocycles. The summed E-state index contributed by atoms with van der Waals surface area (Å²) < 4.78 is 8.02. The standard InChI is InChI=1S/C15H13BrN2O3S2/c1-21-6-2-5-18-14(20)12(23-15(18)22)11-9-7-8(16)3-4-10(9)17-13(11)19/h3-4,7,20H,2,5-6H2,1H3. The van der Waals surface area contributed by atoms with Gasteiger partial charge in [0.05, 0.1) is 10.9 Å². The first kappa shape index (κ1) is 16.5. The molecule has 1 aromatic carbocycles. The summed E-state index contributed by atoms with van der Waals surface area (Å²) in [5.74, 6) is -0.337. The van der Waals surface area contributed by atoms with E-state index in [1.165, 1.54) is 11.3 Å². The molecule has 1 aliphatic rings. The second-order valence-corrected chi connectivity index (χ2v) is 7.53. The van der Waals surface area contributed by atoms with Gasteiger partial charge in [-0.2, -0.15) is 0 Å². The number of amides is 1. The van der Waals surface area contributed by atoms with Crippen LogP contribution in [0.15, 0.2) is 27.7 Å². The van der Waals surface area contributed by atoms with Gasteiger partial charge in [-0.3, -0.25) is 9.36 Å². The maximum absolute atomic E-state index is 12.3. The van der Waals surface area contributed by atoms with Crippen LogP contribution in [0.25, 0.3) is 5.57 Å². The van der Waals surface area contributed by atoms with E-state index in [4.69, 9.17) is 17.0 Å². The minimum absolute atomic E-state index is 0.0162. The lowest BCUT2D eigenvalue weighted by atomic mass is 10.1. The maximum Gasteiger partial charge on any atom is 0.279 e. The van der Waals surface area contributed by atoms with Crippen LogP contribution in [-0.2, 0) is 16.1 Å². The van der Waals surface area contributed by atoms with Gasteiger partial charge in [0.2, 0.25) is 5.88 Å². The first-order chi connectivity index (χ1) is 11.0. The van der Waals surface area contributed by atoms with Crippen molar-refractivity contribution in [2.45, 2.75) is 13.0 Å². The van der Waals surface area contributed by atoms with Crippen molar-refractivity contribution in [1.82, 2.24) is 4.57 Å². The van der Waals surface area contributed by atoms with Gasteiger partial charge < -0.3 is 9.84 Å². The molecule has 0 bridgehead atoms. The number of fused-ring (bicyclic) bond motifs is 1. The smallest absolute Gasteiger partial charge is 0.279 e. The molecular formula is C15H13BrN2O3S2. The molecule has 0 saturated heterocycles. The minimum atomic E-state index is -0.353. The van der Waals surface area contributed by atoms with Crippen molar-refractivity contribution in [3.05, 3.63) is 42.1 Å². The lowest BCUT2D eigenvalue weighted by molar-refractivity contribution is -0.112. The van der Waals surface area contributed by atoms with Crippen molar-refractivity contribution in [3.63, 3.8) is 0 Å². The number of ether oxygens (including phenoxy) is 1. The van der Waals surface area contributed by atoms with Gasteiger partial charge in [-0.1, -0.05) is 15.9 Å². The highest BCUT2D eigenvalue weighted by Gasteiger charge is 2.25. The fourth-order valence-corrected chi connectivity index (χ4v) is 4.18. The van der Waals surface area contributed by atoms with E-state index in [1.54, 1.807) is 17.7 Å². The van der Waals surface area contributed by atoms with Crippen LogP contribution in [0.4, 0.5) is 0 Å². The molecule has 1 aromatic heterocycles. The summed E-state index contributed by atoms with van der Waals surface area (Å²) in [6.07, 6.45) is 0.727. The van der Waals surface area contributed by atoms with Gasteiger partial charge >= 0.3 is 0 Å². The van der Waals surface area contributed by atoms with Gasteiger partial charge in [0, 0.05) is 30.0 Å². The molecule has 1 N–H and O–H groups in total. The summed E-state index contributed by atoms with van der Waals surface area (Å²) in [5, 5.41) is 11.8. The number of benzene rings is 1. The van der Waals surface area contributed by atoms with Gasteiger partial charge in [0.15, 0.2) is 3.95 Å². The Morgan fingerprint density at radius 1 is 1.48 bits per heavy atom. The Morgan fingerprint density at radius 3 is 3.00 bits per heavy atom. The first-order valence-corrected chi connectivity index (χ1v) is 8.89. The minimum Gasteiger partial charge on any atom is -0.493 e. The Kier molecular flexibility index (Phi) is 4.77. The zero-order chi connectivity index (χ0) is 16.6. The van der Waals surface area contributed by atoms with E-state index in [-0.39, 0.29) is 11.8 Å². The van der Waals surface area contributed by atoms with E-state index < -0.39 is 0 Å². The normalized spacial score (nSPS) is 13.3. The lowest BCUT2D eigenvalue weighted by Gasteiger charge is -2.04. The second kappa shape index (κ2) is 6.64. The number of carbonyl (C=O) groups excluding carboxylic acids is 1. The predicted molar refractivity (Wildman–Crippen MR) is 93.7 cm³/mol. The third-order valence-corrected chi connectivity index (χ3v) is 5.44. The molecular weight excluding hydrogens is 400 g/mol. The summed E-state index contributed by atoms with van der Waals surface area (Å²) in [4.78, 5) is 16.8. The number of methoxy groups -OCH3 is 1. The zero-order valence-corrected chi connectivity index (χ0v) is 15.4. The monoisotopic (exact) mass is 412 g/mol. The van der Waals surface area contributed by atoms with Crippen molar-refractivity contribution in [3.8, 4) is 5.88 Å². The molecule has 0 saturated carbocycles. The van der Waals surface area contributed by atoms with Gasteiger partial charge in [-0.15, -0.1) is 11.3 Å². The van der Waals surface area contributed by atoms with Crippen LogP contribution in [0.5, 0.6) is 5.88 Å². The molecule has 0 atom stereocenters. The summed E-state index contributed by atoms with van der Waals surface area (Å²) in [7, 11) is 1.63. The third-order valence-electron chi connectivity index (χ3n) is 3.49. The summed E-state index contributed by atoms with van der Waals surface area (Å²) in [6, 6.07) is 5.43. The molecule has 2 heterocycles. The maximum atomic E-state index is 12.3. The number of carbonyl (C=O) groups is 1. The molecule has 120 valence electrons. The molecule has 2 aromatic rings. The van der Waals surface area contributed by atoms with Gasteiger partial charge in [0.1, 0.15) is 4.88 Å². The average Bonchev–Trinajstić information content (AvgIpc) is 2.97. The molecule has 1 amide bonds. The molecule has 0 radical (unpaired) electrons. The van der Waals surface area contributed by atoms with Crippen LogP contribution in [0.1, 0.15) is 11.3 Å². The highest BCUT2D eigenvalue weighted by atomic mass is 79.9. The number of rotatable bonds is 5. The van der Waals surface area contributed by atoms with E-state index in [9.17, 15) is 9.90 Å². The Morgan fingerprint density at radius 2 is 2.26 bits per heavy atom. The van der Waals surface area contributed by atoms with Crippen LogP contribution in [0, 0.1) is 3.95 Å². The molecule has 1 aliphatic heterocycles. The second-order valence-electron chi connectivity index (χ2n) is 4.97. The molecule has 23 heavy (non-hydrogen) atoms. The van der Waals surface area contributed by atoms with E-state index in [2.05, 4.69) is 20.9 Å². The van der Waals surface area contributed by atoms with Gasteiger partial charge in [0.25, 0.3) is 5.91 Å². The number of nitrogens with zero attached hydrogens (tertiary/aromatic N) is 2. The van der Waals surface area contributed by atoms with Crippen LogP contribution in [0.3, 0.4) is 0 Å². The summed E-state index contributed by atoms with van der Waals surface area (Å²) in [5.41, 5.74) is 0.403. The fraction of sp³-hybridized carbons (Fsp3) is 0.267. The van der Waals surface area contributed by atoms with E-state index in [1.807, 2.05) is 12.1 Å². The van der Waals surface area contributed by atoms with E-state index in [0.717, 1.165) is 10.9 Å². The summed E-state index contributed by atoms with van der Waals surface area (Å²) in [6.45, 7) is 1.12. The Hall–Kier alpha value is -1.35. The SMILES string of the molecule is COCCCn1c(O)c(C2=c3cc(Br)ccc3=NC2=O)sc1=S. The number of hydrogen-bond donors (Lipinski definition) is 1. The highest BCUT2D eigenvalue weighted by molar-refractivity contribution is 9.10.